The fraction of sp³-hybridized carbons (Fsp3) is 0.192. The van der Waals surface area contributed by atoms with Gasteiger partial charge in [0.1, 0.15) is 11.6 Å². The van der Waals surface area contributed by atoms with Gasteiger partial charge < -0.3 is 20.9 Å². The first-order chi connectivity index (χ1) is 16.6. The van der Waals surface area contributed by atoms with E-state index in [4.69, 9.17) is 10.5 Å². The summed E-state index contributed by atoms with van der Waals surface area (Å²) >= 11 is 0. The van der Waals surface area contributed by atoms with Crippen LogP contribution in [0.4, 0.5) is 11.4 Å². The van der Waals surface area contributed by atoms with E-state index in [1.807, 2.05) is 45.9 Å². The van der Waals surface area contributed by atoms with Gasteiger partial charge in [0.05, 0.1) is 28.4 Å². The molecule has 1 amide bonds. The second-order valence-electron chi connectivity index (χ2n) is 8.40. The van der Waals surface area contributed by atoms with Gasteiger partial charge in [-0.15, -0.1) is 0 Å². The first-order valence-corrected chi connectivity index (χ1v) is 11.0. The van der Waals surface area contributed by atoms with E-state index in [1.165, 1.54) is 18.3 Å². The summed E-state index contributed by atoms with van der Waals surface area (Å²) in [6, 6.07) is 10.2. The van der Waals surface area contributed by atoms with E-state index in [0.717, 1.165) is 16.8 Å². The molecular weight excluding hydrogens is 446 g/mol. The number of hydrogen-bond donors (Lipinski definition) is 3. The number of amides is 1. The van der Waals surface area contributed by atoms with E-state index in [2.05, 4.69) is 20.3 Å². The van der Waals surface area contributed by atoms with Gasteiger partial charge in [-0.1, -0.05) is 12.1 Å². The summed E-state index contributed by atoms with van der Waals surface area (Å²) in [5.41, 5.74) is 9.91. The largest absolute Gasteiger partial charge is 0.491 e. The van der Waals surface area contributed by atoms with Crippen LogP contribution in [0.15, 0.2) is 48.8 Å². The molecule has 0 radical (unpaired) electrons. The molecule has 9 nitrogen and oxygen atoms in total. The first-order valence-electron chi connectivity index (χ1n) is 11.0. The zero-order valence-corrected chi connectivity index (χ0v) is 19.8. The van der Waals surface area contributed by atoms with Crippen LogP contribution in [0.25, 0.3) is 22.0 Å². The van der Waals surface area contributed by atoms with Crippen molar-refractivity contribution >= 4 is 34.2 Å². The molecule has 178 valence electrons. The van der Waals surface area contributed by atoms with Gasteiger partial charge in [0, 0.05) is 40.8 Å². The maximum atomic E-state index is 12.2. The van der Waals surface area contributed by atoms with E-state index in [1.54, 1.807) is 12.3 Å². The summed E-state index contributed by atoms with van der Waals surface area (Å²) in [7, 11) is 0. The van der Waals surface area contributed by atoms with Gasteiger partial charge in [0.25, 0.3) is 5.91 Å². The van der Waals surface area contributed by atoms with Crippen molar-refractivity contribution in [2.24, 2.45) is 5.73 Å². The lowest BCUT2D eigenvalue weighted by Crippen LogP contribution is -2.14. The van der Waals surface area contributed by atoms with Gasteiger partial charge in [-0.2, -0.15) is 0 Å². The number of primary amides is 1. The number of pyridine rings is 1. The molecule has 9 heteroatoms. The van der Waals surface area contributed by atoms with Crippen LogP contribution in [0.3, 0.4) is 0 Å². The number of carbonyl (C=O) groups is 2. The van der Waals surface area contributed by atoms with Crippen LogP contribution >= 0.6 is 0 Å². The second kappa shape index (κ2) is 9.38. The first kappa shape index (κ1) is 23.6. The topological polar surface area (TPSA) is 140 Å². The van der Waals surface area contributed by atoms with Crippen LogP contribution in [0, 0.1) is 13.8 Å². The molecule has 0 aliphatic heterocycles. The average molecular weight is 472 g/mol. The quantitative estimate of drug-likeness (QED) is 0.354. The number of benzene rings is 2. The Balaban J connectivity index is 1.84. The molecule has 0 atom stereocenters. The van der Waals surface area contributed by atoms with Crippen molar-refractivity contribution in [3.8, 4) is 16.9 Å². The van der Waals surface area contributed by atoms with Gasteiger partial charge in [-0.25, -0.2) is 14.8 Å². The highest BCUT2D eigenvalue weighted by atomic mass is 16.5. The number of aryl methyl sites for hydroxylation is 2. The van der Waals surface area contributed by atoms with Gasteiger partial charge in [0.2, 0.25) is 0 Å². The lowest BCUT2D eigenvalue weighted by Gasteiger charge is -2.16. The van der Waals surface area contributed by atoms with Crippen molar-refractivity contribution in [3.05, 3.63) is 71.4 Å². The van der Waals surface area contributed by atoms with Gasteiger partial charge >= 0.3 is 5.97 Å². The van der Waals surface area contributed by atoms with Gasteiger partial charge in [-0.05, 0) is 51.5 Å². The molecule has 0 fully saturated rings. The van der Waals surface area contributed by atoms with Gasteiger partial charge in [-0.3, -0.25) is 9.78 Å². The van der Waals surface area contributed by atoms with Crippen molar-refractivity contribution in [3.63, 3.8) is 0 Å². The highest BCUT2D eigenvalue weighted by molar-refractivity contribution is 6.08. The van der Waals surface area contributed by atoms with E-state index in [-0.39, 0.29) is 17.2 Å². The average Bonchev–Trinajstić information content (AvgIpc) is 2.78. The SMILES string of the molecule is Cc1ncc(-c2ccc3c(Nc4cc(OC(C)C)cc(C(=O)O)c4)c(C(N)=O)cnc3c2)c(C)n1. The third-order valence-electron chi connectivity index (χ3n) is 5.34. The molecular formula is C26H25N5O4. The Bertz CT molecular complexity index is 1470. The van der Waals surface area contributed by atoms with E-state index >= 15 is 0 Å². The molecule has 35 heavy (non-hydrogen) atoms. The number of carboxylic acids is 1. The van der Waals surface area contributed by atoms with Crippen molar-refractivity contribution in [2.45, 2.75) is 33.8 Å². The lowest BCUT2D eigenvalue weighted by molar-refractivity contribution is 0.0696. The number of fused-ring (bicyclic) bond motifs is 1. The van der Waals surface area contributed by atoms with Crippen molar-refractivity contribution in [1.82, 2.24) is 15.0 Å². The van der Waals surface area contributed by atoms with Crippen LogP contribution in [-0.4, -0.2) is 38.0 Å². The molecule has 0 aliphatic carbocycles. The minimum Gasteiger partial charge on any atom is -0.491 e. The van der Waals surface area contributed by atoms with Crippen molar-refractivity contribution in [1.29, 1.82) is 0 Å². The zero-order chi connectivity index (χ0) is 25.3. The number of aromatic nitrogens is 3. The van der Waals surface area contributed by atoms with Crippen molar-refractivity contribution in [2.75, 3.05) is 5.32 Å². The molecule has 4 N–H and O–H groups in total. The van der Waals surface area contributed by atoms with Crippen LogP contribution in [0.1, 0.15) is 46.1 Å². The smallest absolute Gasteiger partial charge is 0.335 e. The number of nitrogens with zero attached hydrogens (tertiary/aromatic N) is 3. The molecule has 2 aromatic heterocycles. The van der Waals surface area contributed by atoms with Crippen LogP contribution < -0.4 is 15.8 Å². The Hall–Kier alpha value is -4.53. The Morgan fingerprint density at radius 2 is 1.83 bits per heavy atom. The van der Waals surface area contributed by atoms with Crippen molar-refractivity contribution < 1.29 is 19.4 Å². The summed E-state index contributed by atoms with van der Waals surface area (Å²) in [4.78, 5) is 37.0. The summed E-state index contributed by atoms with van der Waals surface area (Å²) in [6.07, 6.45) is 3.02. The lowest BCUT2D eigenvalue weighted by atomic mass is 10.0. The molecule has 2 aromatic carbocycles. The maximum Gasteiger partial charge on any atom is 0.335 e. The number of hydrogen-bond acceptors (Lipinski definition) is 7. The molecule has 0 spiro atoms. The fourth-order valence-electron chi connectivity index (χ4n) is 3.83. The minimum atomic E-state index is -1.10. The summed E-state index contributed by atoms with van der Waals surface area (Å²) < 4.78 is 5.71. The Kier molecular flexibility index (Phi) is 6.33. The molecule has 0 bridgehead atoms. The molecule has 4 rings (SSSR count). The van der Waals surface area contributed by atoms with Crippen LogP contribution in [0.2, 0.25) is 0 Å². The number of ether oxygens (including phenoxy) is 1. The number of carbonyl (C=O) groups excluding carboxylic acids is 1. The Morgan fingerprint density at radius 3 is 2.49 bits per heavy atom. The number of aromatic carboxylic acids is 1. The standard InChI is InChI=1S/C26H25N5O4/c1-13(2)35-19-8-17(26(33)34)7-18(10-19)31-24-20-6-5-16(21-11-28-15(4)30-14(21)3)9-23(20)29-12-22(24)25(27)32/h5-13H,1-4H3,(H2,27,32)(H,29,31)(H,33,34). The fourth-order valence-corrected chi connectivity index (χ4v) is 3.83. The van der Waals surface area contributed by atoms with Crippen LogP contribution in [-0.2, 0) is 0 Å². The number of anilines is 2. The highest BCUT2D eigenvalue weighted by Gasteiger charge is 2.17. The normalized spacial score (nSPS) is 11.0. The molecule has 0 aliphatic rings. The molecule has 4 aromatic rings. The molecule has 0 saturated carbocycles. The predicted molar refractivity (Wildman–Crippen MR) is 133 cm³/mol. The van der Waals surface area contributed by atoms with Gasteiger partial charge in [0.15, 0.2) is 0 Å². The predicted octanol–water partition coefficient (Wildman–Crippen LogP) is 4.64. The monoisotopic (exact) mass is 471 g/mol. The third kappa shape index (κ3) is 5.03. The third-order valence-corrected chi connectivity index (χ3v) is 5.34. The Labute approximate surface area is 202 Å². The summed E-state index contributed by atoms with van der Waals surface area (Å²) in [5, 5.41) is 13.4. The van der Waals surface area contributed by atoms with E-state index in [9.17, 15) is 14.7 Å². The van der Waals surface area contributed by atoms with Crippen LogP contribution in [0.5, 0.6) is 5.75 Å². The van der Waals surface area contributed by atoms with E-state index in [0.29, 0.717) is 33.9 Å². The maximum absolute atomic E-state index is 12.2. The minimum absolute atomic E-state index is 0.0433. The second-order valence-corrected chi connectivity index (χ2v) is 8.40. The summed E-state index contributed by atoms with van der Waals surface area (Å²) in [6.45, 7) is 7.44. The van der Waals surface area contributed by atoms with E-state index < -0.39 is 11.9 Å². The summed E-state index contributed by atoms with van der Waals surface area (Å²) in [5.74, 6) is -0.690. The number of nitrogens with two attached hydrogens (primary N) is 1. The highest BCUT2D eigenvalue weighted by Crippen LogP contribution is 2.34. The number of carboxylic acid groups (broad SMARTS) is 1. The molecule has 2 heterocycles. The molecule has 0 saturated heterocycles. The zero-order valence-electron chi connectivity index (χ0n) is 19.8. The molecule has 0 unspecified atom stereocenters. The number of rotatable bonds is 7. The Morgan fingerprint density at radius 1 is 1.06 bits per heavy atom. The number of nitrogens with one attached hydrogen (secondary N) is 1.